The predicted octanol–water partition coefficient (Wildman–Crippen LogP) is 3.41. The summed E-state index contributed by atoms with van der Waals surface area (Å²) >= 11 is 0. The molecular weight excluding hydrogens is 283 g/mol. The van der Waals surface area contributed by atoms with E-state index in [1.165, 1.54) is 6.07 Å². The van der Waals surface area contributed by atoms with Gasteiger partial charge in [-0.1, -0.05) is 19.1 Å². The zero-order valence-electron chi connectivity index (χ0n) is 12.4. The second kappa shape index (κ2) is 9.02. The van der Waals surface area contributed by atoms with Crippen LogP contribution in [-0.2, 0) is 15.7 Å². The second-order valence-corrected chi connectivity index (χ2v) is 4.65. The molecule has 6 heteroatoms. The molecule has 0 aliphatic heterocycles. The van der Waals surface area contributed by atoms with E-state index >= 15 is 0 Å². The molecule has 1 atom stereocenters. The van der Waals surface area contributed by atoms with Gasteiger partial charge in [0.25, 0.3) is 0 Å². The topological polar surface area (TPSA) is 30.5 Å². The van der Waals surface area contributed by atoms with Crippen molar-refractivity contribution in [3.05, 3.63) is 35.4 Å². The number of likely N-dealkylation sites (N-methyl/N-ethyl adjacent to an activating group) is 1. The highest BCUT2D eigenvalue weighted by Crippen LogP contribution is 2.30. The Balaban J connectivity index is 2.52. The molecule has 21 heavy (non-hydrogen) atoms. The fourth-order valence-electron chi connectivity index (χ4n) is 1.84. The van der Waals surface area contributed by atoms with E-state index in [1.54, 1.807) is 13.1 Å². The number of hydrogen-bond donors (Lipinski definition) is 1. The van der Waals surface area contributed by atoms with E-state index in [1.807, 2.05) is 6.92 Å². The van der Waals surface area contributed by atoms with Crippen molar-refractivity contribution in [2.75, 3.05) is 33.5 Å². The van der Waals surface area contributed by atoms with Gasteiger partial charge in [-0.25, -0.2) is 0 Å². The minimum absolute atomic E-state index is 0.279. The van der Waals surface area contributed by atoms with E-state index in [2.05, 4.69) is 5.32 Å². The first-order chi connectivity index (χ1) is 9.99. The minimum Gasteiger partial charge on any atom is -0.379 e. The molecule has 1 N–H and O–H groups in total. The van der Waals surface area contributed by atoms with Crippen molar-refractivity contribution in [2.45, 2.75) is 25.6 Å². The summed E-state index contributed by atoms with van der Waals surface area (Å²) < 4.78 is 48.8. The average Bonchev–Trinajstić information content (AvgIpc) is 2.46. The number of hydrogen-bond acceptors (Lipinski definition) is 3. The molecule has 0 aliphatic carbocycles. The van der Waals surface area contributed by atoms with Gasteiger partial charge in [0.2, 0.25) is 0 Å². The molecular formula is C15H22F3NO2. The van der Waals surface area contributed by atoms with E-state index in [0.717, 1.165) is 18.6 Å². The average molecular weight is 305 g/mol. The molecule has 0 aromatic heterocycles. The fraction of sp³-hybridized carbons (Fsp3) is 0.600. The Kier molecular flexibility index (Phi) is 7.71. The van der Waals surface area contributed by atoms with Crippen molar-refractivity contribution in [2.24, 2.45) is 0 Å². The summed E-state index contributed by atoms with van der Waals surface area (Å²) in [7, 11) is 1.70. The first-order valence-electron chi connectivity index (χ1n) is 6.99. The van der Waals surface area contributed by atoms with E-state index in [0.29, 0.717) is 32.0 Å². The first kappa shape index (κ1) is 17.9. The molecule has 120 valence electrons. The summed E-state index contributed by atoms with van der Waals surface area (Å²) in [5.74, 6) is 0. The van der Waals surface area contributed by atoms with Crippen molar-refractivity contribution in [1.29, 1.82) is 0 Å². The summed E-state index contributed by atoms with van der Waals surface area (Å²) in [6.07, 6.45) is -3.38. The second-order valence-electron chi connectivity index (χ2n) is 4.65. The highest BCUT2D eigenvalue weighted by Gasteiger charge is 2.30. The maximum atomic E-state index is 12.7. The number of nitrogens with one attached hydrogen (secondary N) is 1. The maximum Gasteiger partial charge on any atom is 0.416 e. The van der Waals surface area contributed by atoms with Gasteiger partial charge < -0.3 is 14.8 Å². The quantitative estimate of drug-likeness (QED) is 0.709. The lowest BCUT2D eigenvalue weighted by Crippen LogP contribution is -2.23. The van der Waals surface area contributed by atoms with E-state index < -0.39 is 11.7 Å². The first-order valence-corrected chi connectivity index (χ1v) is 6.99. The number of alkyl halides is 3. The van der Waals surface area contributed by atoms with Crippen molar-refractivity contribution >= 4 is 0 Å². The molecule has 1 aromatic rings. The van der Waals surface area contributed by atoms with Crippen LogP contribution in [0.15, 0.2) is 24.3 Å². The third-order valence-corrected chi connectivity index (χ3v) is 2.97. The highest BCUT2D eigenvalue weighted by atomic mass is 19.4. The molecule has 1 aromatic carbocycles. The maximum absolute atomic E-state index is 12.7. The smallest absolute Gasteiger partial charge is 0.379 e. The van der Waals surface area contributed by atoms with Crippen molar-refractivity contribution in [1.82, 2.24) is 5.32 Å². The van der Waals surface area contributed by atoms with Crippen LogP contribution in [0.2, 0.25) is 0 Å². The Morgan fingerprint density at radius 3 is 2.48 bits per heavy atom. The van der Waals surface area contributed by atoms with Gasteiger partial charge in [0.1, 0.15) is 0 Å². The van der Waals surface area contributed by atoms with E-state index in [-0.39, 0.29) is 6.04 Å². The van der Waals surface area contributed by atoms with Crippen molar-refractivity contribution < 1.29 is 22.6 Å². The van der Waals surface area contributed by atoms with Crippen LogP contribution in [0.3, 0.4) is 0 Å². The predicted molar refractivity (Wildman–Crippen MR) is 75.2 cm³/mol. The Morgan fingerprint density at radius 2 is 1.86 bits per heavy atom. The third kappa shape index (κ3) is 6.46. The normalized spacial score (nSPS) is 13.4. The van der Waals surface area contributed by atoms with Gasteiger partial charge in [0.05, 0.1) is 31.4 Å². The number of rotatable bonds is 9. The van der Waals surface area contributed by atoms with Gasteiger partial charge in [-0.2, -0.15) is 13.2 Å². The molecule has 0 saturated carbocycles. The molecule has 0 fully saturated rings. The van der Waals surface area contributed by atoms with Crippen LogP contribution in [0.25, 0.3) is 0 Å². The van der Waals surface area contributed by atoms with Gasteiger partial charge in [0.15, 0.2) is 0 Å². The molecule has 1 rings (SSSR count). The van der Waals surface area contributed by atoms with Crippen molar-refractivity contribution in [3.63, 3.8) is 0 Å². The Morgan fingerprint density at radius 1 is 1.14 bits per heavy atom. The lowest BCUT2D eigenvalue weighted by molar-refractivity contribution is -0.137. The summed E-state index contributed by atoms with van der Waals surface area (Å²) in [6, 6.07) is 5.01. The fourth-order valence-corrected chi connectivity index (χ4v) is 1.84. The van der Waals surface area contributed by atoms with Crippen molar-refractivity contribution in [3.8, 4) is 0 Å². The monoisotopic (exact) mass is 305 g/mol. The Hall–Kier alpha value is -1.11. The zero-order valence-corrected chi connectivity index (χ0v) is 12.4. The van der Waals surface area contributed by atoms with Gasteiger partial charge in [-0.3, -0.25) is 0 Å². The molecule has 0 radical (unpaired) electrons. The van der Waals surface area contributed by atoms with Gasteiger partial charge >= 0.3 is 6.18 Å². The van der Waals surface area contributed by atoms with E-state index in [9.17, 15) is 13.2 Å². The molecule has 1 unspecified atom stereocenters. The van der Waals surface area contributed by atoms with Crippen LogP contribution in [0, 0.1) is 0 Å². The molecule has 0 spiro atoms. The molecule has 0 bridgehead atoms. The minimum atomic E-state index is -4.33. The van der Waals surface area contributed by atoms with Crippen LogP contribution < -0.4 is 5.32 Å². The summed E-state index contributed by atoms with van der Waals surface area (Å²) in [5.41, 5.74) is -0.0895. The van der Waals surface area contributed by atoms with Crippen LogP contribution in [-0.4, -0.2) is 33.5 Å². The number of ether oxygens (including phenoxy) is 2. The third-order valence-electron chi connectivity index (χ3n) is 2.97. The summed E-state index contributed by atoms with van der Waals surface area (Å²) in [4.78, 5) is 0. The van der Waals surface area contributed by atoms with Gasteiger partial charge in [-0.05, 0) is 31.2 Å². The van der Waals surface area contributed by atoms with Crippen LogP contribution >= 0.6 is 0 Å². The van der Waals surface area contributed by atoms with Crippen LogP contribution in [0.5, 0.6) is 0 Å². The number of benzene rings is 1. The molecule has 0 heterocycles. The van der Waals surface area contributed by atoms with Gasteiger partial charge in [0, 0.05) is 6.61 Å². The Bertz CT molecular complexity index is 410. The SMILES string of the molecule is CCCOCCOCC(NC)c1cccc(C(F)(F)F)c1. The zero-order chi connectivity index (χ0) is 15.7. The van der Waals surface area contributed by atoms with E-state index in [4.69, 9.17) is 9.47 Å². The standard InChI is InChI=1S/C15H22F3NO2/c1-3-7-20-8-9-21-11-14(19-2)12-5-4-6-13(10-12)15(16,17)18/h4-6,10,14,19H,3,7-9,11H2,1-2H3. The molecule has 0 aliphatic rings. The van der Waals surface area contributed by atoms with Crippen LogP contribution in [0.1, 0.15) is 30.5 Å². The van der Waals surface area contributed by atoms with Gasteiger partial charge in [-0.15, -0.1) is 0 Å². The summed E-state index contributed by atoms with van der Waals surface area (Å²) in [6.45, 7) is 3.93. The number of halogens is 3. The molecule has 0 saturated heterocycles. The molecule has 0 amide bonds. The Labute approximate surface area is 123 Å². The highest BCUT2D eigenvalue weighted by molar-refractivity contribution is 5.28. The largest absolute Gasteiger partial charge is 0.416 e. The molecule has 3 nitrogen and oxygen atoms in total. The lowest BCUT2D eigenvalue weighted by Gasteiger charge is -2.18. The lowest BCUT2D eigenvalue weighted by atomic mass is 10.0. The van der Waals surface area contributed by atoms with Crippen LogP contribution in [0.4, 0.5) is 13.2 Å². The summed E-state index contributed by atoms with van der Waals surface area (Å²) in [5, 5.41) is 2.97.